The molecule has 0 spiro atoms. The molecule has 0 aromatic carbocycles. The summed E-state index contributed by atoms with van der Waals surface area (Å²) in [5, 5.41) is 19.0. The zero-order chi connectivity index (χ0) is 13.7. The minimum atomic E-state index is -0.866. The Balaban J connectivity index is 2.60. The lowest BCUT2D eigenvalue weighted by Gasteiger charge is -2.11. The lowest BCUT2D eigenvalue weighted by atomic mass is 10.1. The number of carbonyl (C=O) groups excluding carboxylic acids is 1. The van der Waals surface area contributed by atoms with Crippen molar-refractivity contribution in [2.75, 3.05) is 6.54 Å². The van der Waals surface area contributed by atoms with Gasteiger partial charge in [-0.2, -0.15) is 10.2 Å². The second-order valence-corrected chi connectivity index (χ2v) is 4.40. The van der Waals surface area contributed by atoms with Gasteiger partial charge in [-0.3, -0.25) is 9.59 Å². The molecule has 0 saturated carbocycles. The van der Waals surface area contributed by atoms with Gasteiger partial charge in [0.05, 0.1) is 17.0 Å². The van der Waals surface area contributed by atoms with Crippen LogP contribution < -0.4 is 5.32 Å². The third-order valence-electron chi connectivity index (χ3n) is 2.48. The van der Waals surface area contributed by atoms with E-state index in [-0.39, 0.29) is 18.2 Å². The van der Waals surface area contributed by atoms with E-state index in [1.54, 1.807) is 26.8 Å². The quantitative estimate of drug-likeness (QED) is 0.812. The molecule has 0 fully saturated rings. The van der Waals surface area contributed by atoms with Crippen LogP contribution in [0, 0.1) is 19.8 Å². The fourth-order valence-electron chi connectivity index (χ4n) is 1.51. The lowest BCUT2D eigenvalue weighted by Crippen LogP contribution is -2.30. The third-order valence-corrected chi connectivity index (χ3v) is 2.48. The van der Waals surface area contributed by atoms with E-state index in [2.05, 4.69) is 15.5 Å². The van der Waals surface area contributed by atoms with Crippen molar-refractivity contribution in [3.63, 3.8) is 0 Å². The van der Waals surface area contributed by atoms with E-state index in [9.17, 15) is 9.59 Å². The van der Waals surface area contributed by atoms with Crippen LogP contribution in [0.25, 0.3) is 0 Å². The number of hydrogen-bond acceptors (Lipinski definition) is 4. The molecule has 1 atom stereocenters. The van der Waals surface area contributed by atoms with Gasteiger partial charge in [0.1, 0.15) is 0 Å². The molecule has 6 heteroatoms. The van der Waals surface area contributed by atoms with E-state index in [0.29, 0.717) is 23.5 Å². The highest BCUT2D eigenvalue weighted by molar-refractivity contribution is 5.95. The molecule has 0 aliphatic heterocycles. The summed E-state index contributed by atoms with van der Waals surface area (Å²) in [6.07, 6.45) is 0.0346. The van der Waals surface area contributed by atoms with E-state index in [0.717, 1.165) is 0 Å². The van der Waals surface area contributed by atoms with Crippen molar-refractivity contribution in [1.29, 1.82) is 0 Å². The van der Waals surface area contributed by atoms with Crippen LogP contribution in [0.2, 0.25) is 0 Å². The summed E-state index contributed by atoms with van der Waals surface area (Å²) in [5.41, 5.74) is 1.71. The van der Waals surface area contributed by atoms with E-state index < -0.39 is 5.97 Å². The molecule has 1 rings (SSSR count). The SMILES string of the molecule is Cc1cc(C(=O)NCC(C)CC(=O)O)c(C)nn1. The second-order valence-electron chi connectivity index (χ2n) is 4.40. The number of aromatic nitrogens is 2. The summed E-state index contributed by atoms with van der Waals surface area (Å²) in [7, 11) is 0. The molecule has 1 aromatic rings. The van der Waals surface area contributed by atoms with Crippen molar-refractivity contribution in [3.8, 4) is 0 Å². The van der Waals surface area contributed by atoms with Crippen LogP contribution in [-0.4, -0.2) is 33.7 Å². The maximum atomic E-state index is 11.9. The van der Waals surface area contributed by atoms with E-state index >= 15 is 0 Å². The van der Waals surface area contributed by atoms with Gasteiger partial charge in [0.15, 0.2) is 0 Å². The number of hydrogen-bond donors (Lipinski definition) is 2. The summed E-state index contributed by atoms with van der Waals surface area (Å²) in [5.74, 6) is -1.22. The average Bonchev–Trinajstić information content (AvgIpc) is 2.28. The van der Waals surface area contributed by atoms with Gasteiger partial charge in [-0.15, -0.1) is 0 Å². The van der Waals surface area contributed by atoms with Crippen molar-refractivity contribution in [2.45, 2.75) is 27.2 Å². The summed E-state index contributed by atoms with van der Waals surface area (Å²) in [6.45, 7) is 5.57. The number of rotatable bonds is 5. The predicted octanol–water partition coefficient (Wildman–Crippen LogP) is 0.934. The van der Waals surface area contributed by atoms with Crippen LogP contribution in [-0.2, 0) is 4.79 Å². The highest BCUT2D eigenvalue weighted by Crippen LogP contribution is 2.06. The van der Waals surface area contributed by atoms with Crippen LogP contribution in [0.15, 0.2) is 6.07 Å². The molecule has 0 bridgehead atoms. The van der Waals surface area contributed by atoms with Crippen molar-refractivity contribution in [1.82, 2.24) is 15.5 Å². The van der Waals surface area contributed by atoms with Crippen LogP contribution in [0.1, 0.15) is 35.1 Å². The van der Waals surface area contributed by atoms with Gasteiger partial charge in [0, 0.05) is 13.0 Å². The Morgan fingerprint density at radius 3 is 2.67 bits per heavy atom. The second kappa shape index (κ2) is 6.09. The van der Waals surface area contributed by atoms with Crippen LogP contribution in [0.4, 0.5) is 0 Å². The number of nitrogens with zero attached hydrogens (tertiary/aromatic N) is 2. The first-order valence-electron chi connectivity index (χ1n) is 5.71. The zero-order valence-corrected chi connectivity index (χ0v) is 10.7. The maximum absolute atomic E-state index is 11.9. The predicted molar refractivity (Wildman–Crippen MR) is 65.3 cm³/mol. The molecule has 0 radical (unpaired) electrons. The first kappa shape index (κ1) is 14.1. The Kier molecular flexibility index (Phi) is 4.76. The number of carboxylic acid groups (broad SMARTS) is 1. The number of carbonyl (C=O) groups is 2. The molecule has 0 saturated heterocycles. The number of carboxylic acids is 1. The van der Waals surface area contributed by atoms with Crippen LogP contribution in [0.5, 0.6) is 0 Å². The number of aryl methyl sites for hydroxylation is 2. The molecule has 1 aromatic heterocycles. The highest BCUT2D eigenvalue weighted by atomic mass is 16.4. The topological polar surface area (TPSA) is 92.2 Å². The van der Waals surface area contributed by atoms with Crippen molar-refractivity contribution in [2.24, 2.45) is 5.92 Å². The van der Waals surface area contributed by atoms with Gasteiger partial charge in [-0.25, -0.2) is 0 Å². The maximum Gasteiger partial charge on any atom is 0.303 e. The monoisotopic (exact) mass is 251 g/mol. The fraction of sp³-hybridized carbons (Fsp3) is 0.500. The van der Waals surface area contributed by atoms with Crippen LogP contribution in [0.3, 0.4) is 0 Å². The molecular weight excluding hydrogens is 234 g/mol. The number of amides is 1. The third kappa shape index (κ3) is 4.12. The smallest absolute Gasteiger partial charge is 0.303 e. The molecule has 6 nitrogen and oxygen atoms in total. The number of nitrogens with one attached hydrogen (secondary N) is 1. The summed E-state index contributed by atoms with van der Waals surface area (Å²) in [4.78, 5) is 22.4. The Labute approximate surface area is 105 Å². The molecule has 1 unspecified atom stereocenters. The minimum absolute atomic E-state index is 0.0346. The molecule has 98 valence electrons. The summed E-state index contributed by atoms with van der Waals surface area (Å²) < 4.78 is 0. The molecule has 1 heterocycles. The van der Waals surface area contributed by atoms with E-state index in [1.165, 1.54) is 0 Å². The van der Waals surface area contributed by atoms with E-state index in [4.69, 9.17) is 5.11 Å². The Bertz CT molecular complexity index is 460. The van der Waals surface area contributed by atoms with Crippen molar-refractivity contribution in [3.05, 3.63) is 23.0 Å². The fourth-order valence-corrected chi connectivity index (χ4v) is 1.51. The minimum Gasteiger partial charge on any atom is -0.481 e. The first-order valence-corrected chi connectivity index (χ1v) is 5.71. The Morgan fingerprint density at radius 2 is 2.06 bits per heavy atom. The van der Waals surface area contributed by atoms with Crippen LogP contribution >= 0.6 is 0 Å². The van der Waals surface area contributed by atoms with Gasteiger partial charge >= 0.3 is 5.97 Å². The van der Waals surface area contributed by atoms with Gasteiger partial charge in [0.2, 0.25) is 0 Å². The summed E-state index contributed by atoms with van der Waals surface area (Å²) in [6, 6.07) is 1.67. The standard InChI is InChI=1S/C12H17N3O3/c1-7(4-11(16)17)6-13-12(18)10-5-8(2)14-15-9(10)3/h5,7H,4,6H2,1-3H3,(H,13,18)(H,16,17). The molecule has 0 aliphatic carbocycles. The van der Waals surface area contributed by atoms with Crippen molar-refractivity contribution >= 4 is 11.9 Å². The van der Waals surface area contributed by atoms with Gasteiger partial charge in [-0.1, -0.05) is 6.92 Å². The molecule has 1 amide bonds. The summed E-state index contributed by atoms with van der Waals surface area (Å²) >= 11 is 0. The molecule has 0 aliphatic rings. The lowest BCUT2D eigenvalue weighted by molar-refractivity contribution is -0.137. The first-order chi connectivity index (χ1) is 8.40. The van der Waals surface area contributed by atoms with Gasteiger partial charge in [-0.05, 0) is 25.8 Å². The number of aliphatic carboxylic acids is 1. The molecular formula is C12H17N3O3. The molecule has 2 N–H and O–H groups in total. The molecule has 18 heavy (non-hydrogen) atoms. The normalized spacial score (nSPS) is 11.9. The van der Waals surface area contributed by atoms with Gasteiger partial charge in [0.25, 0.3) is 5.91 Å². The van der Waals surface area contributed by atoms with E-state index in [1.807, 2.05) is 0 Å². The largest absolute Gasteiger partial charge is 0.481 e. The zero-order valence-electron chi connectivity index (χ0n) is 10.7. The highest BCUT2D eigenvalue weighted by Gasteiger charge is 2.13. The average molecular weight is 251 g/mol. The van der Waals surface area contributed by atoms with Gasteiger partial charge < -0.3 is 10.4 Å². The Hall–Kier alpha value is -1.98. The van der Waals surface area contributed by atoms with Crippen molar-refractivity contribution < 1.29 is 14.7 Å². The Morgan fingerprint density at radius 1 is 1.39 bits per heavy atom.